The molecule has 1 aliphatic rings. The molecule has 0 aliphatic carbocycles. The van der Waals surface area contributed by atoms with Crippen LogP contribution in [0, 0.1) is 0 Å². The molecule has 0 aromatic carbocycles. The van der Waals surface area contributed by atoms with Gasteiger partial charge in [0.25, 0.3) is 6.43 Å². The maximum Gasteiger partial charge on any atom is 0.272 e. The summed E-state index contributed by atoms with van der Waals surface area (Å²) >= 11 is 1.25. The van der Waals surface area contributed by atoms with Crippen molar-refractivity contribution in [2.45, 2.75) is 19.4 Å². The van der Waals surface area contributed by atoms with Crippen LogP contribution >= 0.6 is 11.3 Å². The third-order valence-corrected chi connectivity index (χ3v) is 3.22. The summed E-state index contributed by atoms with van der Waals surface area (Å²) in [5.74, 6) is 0. The molecule has 0 saturated heterocycles. The average Bonchev–Trinajstić information content (AvgIpc) is 2.46. The third kappa shape index (κ3) is 1.36. The first-order chi connectivity index (χ1) is 5.77. The number of hydrogen-bond acceptors (Lipinski definition) is 2. The van der Waals surface area contributed by atoms with Gasteiger partial charge in [-0.1, -0.05) is 0 Å². The molecule has 0 saturated carbocycles. The van der Waals surface area contributed by atoms with E-state index < -0.39 is 6.43 Å². The normalized spacial score (nSPS) is 16.6. The van der Waals surface area contributed by atoms with Gasteiger partial charge in [0.05, 0.1) is 4.88 Å². The lowest BCUT2D eigenvalue weighted by Crippen LogP contribution is -2.21. The molecule has 1 N–H and O–H groups in total. The Kier molecular flexibility index (Phi) is 2.11. The van der Waals surface area contributed by atoms with Crippen molar-refractivity contribution in [2.75, 3.05) is 6.54 Å². The minimum atomic E-state index is -2.31. The van der Waals surface area contributed by atoms with Gasteiger partial charge < -0.3 is 5.32 Å². The van der Waals surface area contributed by atoms with Gasteiger partial charge in [-0.05, 0) is 18.1 Å². The molecule has 0 unspecified atom stereocenters. The molecule has 0 fully saturated rings. The van der Waals surface area contributed by atoms with Crippen molar-refractivity contribution in [1.29, 1.82) is 0 Å². The van der Waals surface area contributed by atoms with Crippen LogP contribution in [0.1, 0.15) is 21.7 Å². The Bertz CT molecular complexity index is 259. The van der Waals surface area contributed by atoms with Crippen molar-refractivity contribution >= 4 is 11.3 Å². The van der Waals surface area contributed by atoms with E-state index in [2.05, 4.69) is 5.32 Å². The van der Waals surface area contributed by atoms with Crippen molar-refractivity contribution < 1.29 is 8.78 Å². The summed E-state index contributed by atoms with van der Waals surface area (Å²) in [6.45, 7) is 1.66. The summed E-state index contributed by atoms with van der Waals surface area (Å²) in [4.78, 5) is 1.34. The van der Waals surface area contributed by atoms with Crippen molar-refractivity contribution in [1.82, 2.24) is 5.32 Å². The van der Waals surface area contributed by atoms with Crippen molar-refractivity contribution in [2.24, 2.45) is 0 Å². The van der Waals surface area contributed by atoms with Gasteiger partial charge >= 0.3 is 0 Å². The van der Waals surface area contributed by atoms with E-state index in [1.54, 1.807) is 6.07 Å². The monoisotopic (exact) mass is 189 g/mol. The van der Waals surface area contributed by atoms with Crippen molar-refractivity contribution in [3.63, 3.8) is 0 Å². The minimum absolute atomic E-state index is 0.212. The fourth-order valence-corrected chi connectivity index (χ4v) is 2.42. The average molecular weight is 189 g/mol. The number of nitrogens with one attached hydrogen (secondary N) is 1. The highest BCUT2D eigenvalue weighted by molar-refractivity contribution is 7.12. The molecule has 0 atom stereocenters. The van der Waals surface area contributed by atoms with E-state index in [1.165, 1.54) is 11.3 Å². The Morgan fingerprint density at radius 2 is 2.33 bits per heavy atom. The van der Waals surface area contributed by atoms with E-state index in [4.69, 9.17) is 0 Å². The maximum atomic E-state index is 12.2. The third-order valence-electron chi connectivity index (χ3n) is 1.98. The predicted molar refractivity (Wildman–Crippen MR) is 44.7 cm³/mol. The second-order valence-electron chi connectivity index (χ2n) is 2.82. The van der Waals surface area contributed by atoms with Crippen LogP contribution in [0.5, 0.6) is 0 Å². The quantitative estimate of drug-likeness (QED) is 0.715. The molecule has 0 spiro atoms. The molecule has 66 valence electrons. The van der Waals surface area contributed by atoms with Crippen LogP contribution < -0.4 is 5.32 Å². The standard InChI is InChI=1S/C8H9F2NS/c9-8(10)7-3-5-4-11-2-1-6(5)12-7/h3,8,11H,1-2,4H2. The van der Waals surface area contributed by atoms with Gasteiger partial charge in [0, 0.05) is 18.0 Å². The Labute approximate surface area is 73.4 Å². The molecule has 12 heavy (non-hydrogen) atoms. The molecule has 0 amide bonds. The highest BCUT2D eigenvalue weighted by Gasteiger charge is 2.17. The lowest BCUT2D eigenvalue weighted by Gasteiger charge is -2.10. The number of thiophene rings is 1. The summed E-state index contributed by atoms with van der Waals surface area (Å²) < 4.78 is 24.5. The zero-order chi connectivity index (χ0) is 8.55. The highest BCUT2D eigenvalue weighted by atomic mass is 32.1. The van der Waals surface area contributed by atoms with Gasteiger partial charge in [-0.3, -0.25) is 0 Å². The van der Waals surface area contributed by atoms with E-state index in [0.717, 1.165) is 30.0 Å². The number of alkyl halides is 2. The van der Waals surface area contributed by atoms with Crippen LogP contribution in [0.2, 0.25) is 0 Å². The van der Waals surface area contributed by atoms with Crippen LogP contribution in [-0.2, 0) is 13.0 Å². The zero-order valence-corrected chi connectivity index (χ0v) is 7.26. The van der Waals surface area contributed by atoms with Gasteiger partial charge in [0.1, 0.15) is 0 Å². The fraction of sp³-hybridized carbons (Fsp3) is 0.500. The number of rotatable bonds is 1. The van der Waals surface area contributed by atoms with Gasteiger partial charge in [-0.25, -0.2) is 8.78 Å². The zero-order valence-electron chi connectivity index (χ0n) is 6.44. The number of fused-ring (bicyclic) bond motifs is 1. The minimum Gasteiger partial charge on any atom is -0.312 e. The highest BCUT2D eigenvalue weighted by Crippen LogP contribution is 2.31. The summed E-state index contributed by atoms with van der Waals surface area (Å²) in [5, 5.41) is 3.15. The van der Waals surface area contributed by atoms with Crippen LogP contribution in [0.4, 0.5) is 8.78 Å². The molecule has 2 rings (SSSR count). The van der Waals surface area contributed by atoms with Crippen LogP contribution in [0.25, 0.3) is 0 Å². The van der Waals surface area contributed by atoms with Crippen LogP contribution in [-0.4, -0.2) is 6.54 Å². The van der Waals surface area contributed by atoms with Gasteiger partial charge in [-0.2, -0.15) is 0 Å². The Balaban J connectivity index is 2.32. The van der Waals surface area contributed by atoms with Gasteiger partial charge in [-0.15, -0.1) is 11.3 Å². The van der Waals surface area contributed by atoms with E-state index >= 15 is 0 Å². The molecule has 0 radical (unpaired) electrons. The SMILES string of the molecule is FC(F)c1cc2c(s1)CCNC2. The largest absolute Gasteiger partial charge is 0.312 e. The summed E-state index contributed by atoms with van der Waals surface area (Å²) in [6.07, 6.45) is -1.41. The second-order valence-corrected chi connectivity index (χ2v) is 3.99. The lowest BCUT2D eigenvalue weighted by atomic mass is 10.1. The molecule has 2 heterocycles. The van der Waals surface area contributed by atoms with Crippen LogP contribution in [0.15, 0.2) is 6.07 Å². The van der Waals surface area contributed by atoms with E-state index in [1.807, 2.05) is 0 Å². The first kappa shape index (κ1) is 8.13. The molecule has 1 nitrogen and oxygen atoms in total. The maximum absolute atomic E-state index is 12.2. The number of halogens is 2. The molecule has 1 aliphatic heterocycles. The predicted octanol–water partition coefficient (Wildman–Crippen LogP) is 2.33. The Morgan fingerprint density at radius 3 is 3.00 bits per heavy atom. The topological polar surface area (TPSA) is 12.0 Å². The van der Waals surface area contributed by atoms with E-state index in [9.17, 15) is 8.78 Å². The molecular formula is C8H9F2NS. The van der Waals surface area contributed by atoms with Crippen molar-refractivity contribution in [3.05, 3.63) is 21.4 Å². The molecular weight excluding hydrogens is 180 g/mol. The van der Waals surface area contributed by atoms with Gasteiger partial charge in [0.15, 0.2) is 0 Å². The lowest BCUT2D eigenvalue weighted by molar-refractivity contribution is 0.155. The first-order valence-corrected chi connectivity index (χ1v) is 4.69. The smallest absolute Gasteiger partial charge is 0.272 e. The van der Waals surface area contributed by atoms with E-state index in [-0.39, 0.29) is 4.88 Å². The summed E-state index contributed by atoms with van der Waals surface area (Å²) in [5.41, 5.74) is 1.06. The molecule has 0 bridgehead atoms. The fourth-order valence-electron chi connectivity index (χ4n) is 1.38. The number of hydrogen-bond donors (Lipinski definition) is 1. The Morgan fingerprint density at radius 1 is 1.50 bits per heavy atom. The summed E-state index contributed by atoms with van der Waals surface area (Å²) in [7, 11) is 0. The second kappa shape index (κ2) is 3.11. The summed E-state index contributed by atoms with van der Waals surface area (Å²) in [6, 6.07) is 1.62. The first-order valence-electron chi connectivity index (χ1n) is 3.87. The molecule has 4 heteroatoms. The van der Waals surface area contributed by atoms with E-state index in [0.29, 0.717) is 0 Å². The van der Waals surface area contributed by atoms with Gasteiger partial charge in [0.2, 0.25) is 0 Å². The Hall–Kier alpha value is -0.480. The molecule has 1 aromatic heterocycles. The van der Waals surface area contributed by atoms with Crippen LogP contribution in [0.3, 0.4) is 0 Å². The van der Waals surface area contributed by atoms with Crippen molar-refractivity contribution in [3.8, 4) is 0 Å². The molecule has 1 aromatic rings.